The first-order valence-corrected chi connectivity index (χ1v) is 6.03. The third-order valence-electron chi connectivity index (χ3n) is 2.75. The molecule has 2 N–H and O–H groups in total. The number of aliphatic hydroxyl groups excluding tert-OH is 1. The van der Waals surface area contributed by atoms with E-state index in [1.54, 1.807) is 13.8 Å². The van der Waals surface area contributed by atoms with Crippen LogP contribution in [0.25, 0.3) is 0 Å². The number of aryl methyl sites for hydroxylation is 1. The minimum atomic E-state index is -1.12. The SMILES string of the molecule is CCc1nn(CC(O)CC(=O)O)c(CC)c1[N+](=O)[O-]. The molecule has 1 unspecified atom stereocenters. The summed E-state index contributed by atoms with van der Waals surface area (Å²) in [5, 5.41) is 33.3. The summed E-state index contributed by atoms with van der Waals surface area (Å²) in [6.07, 6.45) is -0.737. The van der Waals surface area contributed by atoms with Gasteiger partial charge in [0.2, 0.25) is 0 Å². The Hall–Kier alpha value is -1.96. The highest BCUT2D eigenvalue weighted by Gasteiger charge is 2.26. The Morgan fingerprint density at radius 2 is 2.11 bits per heavy atom. The van der Waals surface area contributed by atoms with E-state index in [2.05, 4.69) is 5.10 Å². The smallest absolute Gasteiger partial charge is 0.313 e. The van der Waals surface area contributed by atoms with Gasteiger partial charge in [0.25, 0.3) is 0 Å². The lowest BCUT2D eigenvalue weighted by molar-refractivity contribution is -0.386. The normalized spacial score (nSPS) is 12.4. The van der Waals surface area contributed by atoms with Crippen LogP contribution in [0.5, 0.6) is 0 Å². The molecule has 0 radical (unpaired) electrons. The first-order chi connectivity index (χ1) is 8.90. The Morgan fingerprint density at radius 1 is 1.47 bits per heavy atom. The van der Waals surface area contributed by atoms with Crippen molar-refractivity contribution < 1.29 is 19.9 Å². The molecule has 0 spiro atoms. The minimum Gasteiger partial charge on any atom is -0.481 e. The maximum Gasteiger partial charge on any atom is 0.313 e. The zero-order valence-electron chi connectivity index (χ0n) is 10.9. The molecule has 8 heteroatoms. The van der Waals surface area contributed by atoms with Gasteiger partial charge in [-0.25, -0.2) is 0 Å². The molecule has 1 heterocycles. The van der Waals surface area contributed by atoms with Gasteiger partial charge in [-0.15, -0.1) is 0 Å². The molecule has 0 saturated carbocycles. The van der Waals surface area contributed by atoms with E-state index >= 15 is 0 Å². The zero-order chi connectivity index (χ0) is 14.6. The van der Waals surface area contributed by atoms with Crippen LogP contribution in [0.15, 0.2) is 0 Å². The van der Waals surface area contributed by atoms with Gasteiger partial charge in [-0.2, -0.15) is 5.10 Å². The van der Waals surface area contributed by atoms with Crippen LogP contribution in [0.2, 0.25) is 0 Å². The lowest BCUT2D eigenvalue weighted by atomic mass is 10.2. The number of carbonyl (C=O) groups is 1. The summed E-state index contributed by atoms with van der Waals surface area (Å²) in [5.41, 5.74) is 0.725. The molecule has 1 aromatic rings. The highest BCUT2D eigenvalue weighted by molar-refractivity contribution is 5.67. The third kappa shape index (κ3) is 3.50. The van der Waals surface area contributed by atoms with Crippen molar-refractivity contribution in [1.82, 2.24) is 9.78 Å². The highest BCUT2D eigenvalue weighted by atomic mass is 16.6. The van der Waals surface area contributed by atoms with Crippen molar-refractivity contribution in [3.8, 4) is 0 Å². The van der Waals surface area contributed by atoms with Crippen LogP contribution in [0.1, 0.15) is 31.7 Å². The quantitative estimate of drug-likeness (QED) is 0.558. The van der Waals surface area contributed by atoms with Crippen LogP contribution in [0, 0.1) is 10.1 Å². The third-order valence-corrected chi connectivity index (χ3v) is 2.75. The van der Waals surface area contributed by atoms with E-state index in [0.717, 1.165) is 0 Å². The lowest BCUT2D eigenvalue weighted by Gasteiger charge is -2.09. The monoisotopic (exact) mass is 271 g/mol. The summed E-state index contributed by atoms with van der Waals surface area (Å²) < 4.78 is 1.34. The molecule has 0 saturated heterocycles. The Kier molecular flexibility index (Phi) is 4.99. The van der Waals surface area contributed by atoms with Gasteiger partial charge >= 0.3 is 11.7 Å². The molecule has 19 heavy (non-hydrogen) atoms. The first kappa shape index (κ1) is 15.1. The number of carboxylic acid groups (broad SMARTS) is 1. The van der Waals surface area contributed by atoms with E-state index in [0.29, 0.717) is 24.2 Å². The van der Waals surface area contributed by atoms with Crippen LogP contribution in [0.4, 0.5) is 5.69 Å². The fourth-order valence-electron chi connectivity index (χ4n) is 1.96. The maximum absolute atomic E-state index is 11.0. The highest BCUT2D eigenvalue weighted by Crippen LogP contribution is 2.25. The number of aliphatic hydroxyl groups is 1. The molecule has 0 bridgehead atoms. The number of hydrogen-bond donors (Lipinski definition) is 2. The average molecular weight is 271 g/mol. The second-order valence-electron chi connectivity index (χ2n) is 4.14. The predicted octanol–water partition coefficient (Wildman–Crippen LogP) is 0.752. The van der Waals surface area contributed by atoms with Crippen molar-refractivity contribution in [2.45, 2.75) is 45.8 Å². The zero-order valence-corrected chi connectivity index (χ0v) is 10.9. The largest absolute Gasteiger partial charge is 0.481 e. The molecule has 0 fully saturated rings. The van der Waals surface area contributed by atoms with Crippen LogP contribution in [-0.2, 0) is 24.2 Å². The van der Waals surface area contributed by atoms with Gasteiger partial charge < -0.3 is 10.2 Å². The van der Waals surface area contributed by atoms with E-state index in [-0.39, 0.29) is 12.2 Å². The number of hydrogen-bond acceptors (Lipinski definition) is 5. The second-order valence-corrected chi connectivity index (χ2v) is 4.14. The van der Waals surface area contributed by atoms with Gasteiger partial charge in [-0.1, -0.05) is 13.8 Å². The summed E-state index contributed by atoms with van der Waals surface area (Å²) >= 11 is 0. The van der Waals surface area contributed by atoms with E-state index in [1.165, 1.54) is 4.68 Å². The molecular formula is C11H17N3O5. The molecular weight excluding hydrogens is 254 g/mol. The van der Waals surface area contributed by atoms with Gasteiger partial charge in [0.05, 0.1) is 24.0 Å². The van der Waals surface area contributed by atoms with E-state index in [1.807, 2.05) is 0 Å². The molecule has 0 aliphatic carbocycles. The Morgan fingerprint density at radius 3 is 2.53 bits per heavy atom. The van der Waals surface area contributed by atoms with Crippen LogP contribution in [-0.4, -0.2) is 37.0 Å². The van der Waals surface area contributed by atoms with Gasteiger partial charge in [-0.05, 0) is 12.8 Å². The van der Waals surface area contributed by atoms with E-state index < -0.39 is 23.4 Å². The van der Waals surface area contributed by atoms with Gasteiger partial charge in [0.1, 0.15) is 11.4 Å². The molecule has 8 nitrogen and oxygen atoms in total. The fraction of sp³-hybridized carbons (Fsp3) is 0.636. The predicted molar refractivity (Wildman–Crippen MR) is 65.9 cm³/mol. The number of rotatable bonds is 7. The molecule has 0 aromatic carbocycles. The Balaban J connectivity index is 3.07. The average Bonchev–Trinajstić information content (AvgIpc) is 2.65. The minimum absolute atomic E-state index is 0.0347. The van der Waals surface area contributed by atoms with Gasteiger partial charge in [-0.3, -0.25) is 19.6 Å². The number of aliphatic carboxylic acids is 1. The summed E-state index contributed by atoms with van der Waals surface area (Å²) in [7, 11) is 0. The number of nitro groups is 1. The summed E-state index contributed by atoms with van der Waals surface area (Å²) in [5.74, 6) is -1.12. The van der Waals surface area contributed by atoms with Crippen LogP contribution < -0.4 is 0 Å². The summed E-state index contributed by atoms with van der Waals surface area (Å²) in [6.45, 7) is 3.45. The topological polar surface area (TPSA) is 118 Å². The molecule has 0 aliphatic heterocycles. The molecule has 1 aromatic heterocycles. The van der Waals surface area contributed by atoms with Crippen LogP contribution in [0.3, 0.4) is 0 Å². The maximum atomic E-state index is 11.0. The van der Waals surface area contributed by atoms with Gasteiger partial charge in [0, 0.05) is 0 Å². The van der Waals surface area contributed by atoms with E-state index in [9.17, 15) is 20.0 Å². The summed E-state index contributed by atoms with van der Waals surface area (Å²) in [6, 6.07) is 0. The van der Waals surface area contributed by atoms with Crippen molar-refractivity contribution in [3.63, 3.8) is 0 Å². The fourth-order valence-corrected chi connectivity index (χ4v) is 1.96. The van der Waals surface area contributed by atoms with Crippen molar-refractivity contribution in [2.75, 3.05) is 0 Å². The van der Waals surface area contributed by atoms with Crippen LogP contribution >= 0.6 is 0 Å². The second kappa shape index (κ2) is 6.28. The molecule has 106 valence electrons. The molecule has 0 amide bonds. The molecule has 1 atom stereocenters. The first-order valence-electron chi connectivity index (χ1n) is 6.03. The number of nitrogens with zero attached hydrogens (tertiary/aromatic N) is 3. The van der Waals surface area contributed by atoms with E-state index in [4.69, 9.17) is 5.11 Å². The Labute approximate surface area is 109 Å². The van der Waals surface area contributed by atoms with Crippen molar-refractivity contribution in [3.05, 3.63) is 21.5 Å². The number of carboxylic acids is 1. The van der Waals surface area contributed by atoms with Crippen molar-refractivity contribution in [2.24, 2.45) is 0 Å². The Bertz CT molecular complexity index is 483. The molecule has 0 aliphatic rings. The molecule has 1 rings (SSSR count). The number of aromatic nitrogens is 2. The lowest BCUT2D eigenvalue weighted by Crippen LogP contribution is -2.21. The van der Waals surface area contributed by atoms with Crippen molar-refractivity contribution >= 4 is 11.7 Å². The summed E-state index contributed by atoms with van der Waals surface area (Å²) in [4.78, 5) is 21.0. The standard InChI is InChI=1S/C11H17N3O5/c1-3-8-11(14(18)19)9(4-2)13(12-8)6-7(15)5-10(16)17/h7,15H,3-6H2,1-2H3,(H,16,17). The van der Waals surface area contributed by atoms with Crippen molar-refractivity contribution in [1.29, 1.82) is 0 Å². The van der Waals surface area contributed by atoms with Gasteiger partial charge in [0.15, 0.2) is 0 Å².